The van der Waals surface area contributed by atoms with Gasteiger partial charge in [-0.1, -0.05) is 47.7 Å². The van der Waals surface area contributed by atoms with Gasteiger partial charge in [0.05, 0.1) is 16.9 Å². The second-order valence-corrected chi connectivity index (χ2v) is 9.06. The molecular weight excluding hydrogens is 474 g/mol. The van der Waals surface area contributed by atoms with Gasteiger partial charge in [0.1, 0.15) is 0 Å². The van der Waals surface area contributed by atoms with Crippen LogP contribution in [0.1, 0.15) is 16.8 Å². The third-order valence-electron chi connectivity index (χ3n) is 5.48. The Balaban J connectivity index is 1.32. The van der Waals surface area contributed by atoms with Crippen LogP contribution < -0.4 is 10.6 Å². The lowest BCUT2D eigenvalue weighted by atomic mass is 10.1. The molecule has 0 saturated carbocycles. The predicted octanol–water partition coefficient (Wildman–Crippen LogP) is 4.69. The number of hydrogen-bond donors (Lipinski definition) is 2. The quantitative estimate of drug-likeness (QED) is 0.324. The molecule has 10 heteroatoms. The van der Waals surface area contributed by atoms with Crippen molar-refractivity contribution in [3.63, 3.8) is 0 Å². The van der Waals surface area contributed by atoms with E-state index in [2.05, 4.69) is 20.6 Å². The minimum Gasteiger partial charge on any atom is -0.337 e. The number of thiazole rings is 1. The fourth-order valence-electron chi connectivity index (χ4n) is 3.68. The summed E-state index contributed by atoms with van der Waals surface area (Å²) >= 11 is 1.37. The summed E-state index contributed by atoms with van der Waals surface area (Å²) in [6.45, 7) is 0.526. The van der Waals surface area contributed by atoms with Crippen molar-refractivity contribution in [2.24, 2.45) is 7.05 Å². The van der Waals surface area contributed by atoms with Crippen molar-refractivity contribution in [1.29, 1.82) is 0 Å². The molecule has 0 aliphatic rings. The first-order valence-corrected chi connectivity index (χ1v) is 12.1. The molecule has 0 unspecified atom stereocenters. The van der Waals surface area contributed by atoms with Gasteiger partial charge < -0.3 is 14.5 Å². The van der Waals surface area contributed by atoms with Gasteiger partial charge in [0.2, 0.25) is 5.91 Å². The van der Waals surface area contributed by atoms with Crippen LogP contribution in [0.15, 0.2) is 85.7 Å². The van der Waals surface area contributed by atoms with Gasteiger partial charge >= 0.3 is 0 Å². The Hall–Kier alpha value is -4.57. The summed E-state index contributed by atoms with van der Waals surface area (Å²) in [4.78, 5) is 39.4. The monoisotopic (exact) mass is 497 g/mol. The SMILES string of the molecule is Cn1ccnc1-c1sc(NC(=O)c2cccc(NC(=O)CCn3ccnc3)c2)nc1-c1ccccc1. The van der Waals surface area contributed by atoms with Crippen LogP contribution >= 0.6 is 11.3 Å². The maximum atomic E-state index is 13.1. The first-order valence-electron chi connectivity index (χ1n) is 11.3. The summed E-state index contributed by atoms with van der Waals surface area (Å²) < 4.78 is 3.75. The second kappa shape index (κ2) is 10.4. The number of aromatic nitrogens is 5. The largest absolute Gasteiger partial charge is 0.337 e. The Morgan fingerprint density at radius 3 is 2.61 bits per heavy atom. The molecule has 2 aromatic carbocycles. The lowest BCUT2D eigenvalue weighted by Gasteiger charge is -2.08. The van der Waals surface area contributed by atoms with E-state index in [1.165, 1.54) is 11.3 Å². The van der Waals surface area contributed by atoms with Crippen molar-refractivity contribution >= 4 is 34.0 Å². The number of nitrogens with one attached hydrogen (secondary N) is 2. The summed E-state index contributed by atoms with van der Waals surface area (Å²) in [6.07, 6.45) is 9.04. The molecule has 0 fully saturated rings. The van der Waals surface area contributed by atoms with Crippen molar-refractivity contribution in [3.8, 4) is 22.0 Å². The number of hydrogen-bond acceptors (Lipinski definition) is 6. The Bertz CT molecular complexity index is 1490. The standard InChI is InChI=1S/C26H23N7O2S/c1-32-14-12-28-24(32)23-22(18-6-3-2-4-7-18)30-26(36-23)31-25(35)19-8-5-9-20(16-19)29-21(34)10-13-33-15-11-27-17-33/h2-9,11-12,14-17H,10,13H2,1H3,(H,29,34)(H,30,31,35). The Morgan fingerprint density at radius 2 is 1.86 bits per heavy atom. The number of anilines is 2. The van der Waals surface area contributed by atoms with Crippen LogP contribution in [0.2, 0.25) is 0 Å². The van der Waals surface area contributed by atoms with Crippen molar-refractivity contribution in [1.82, 2.24) is 24.1 Å². The highest BCUT2D eigenvalue weighted by molar-refractivity contribution is 7.19. The third-order valence-corrected chi connectivity index (χ3v) is 6.45. The number of rotatable bonds is 8. The first-order chi connectivity index (χ1) is 17.6. The van der Waals surface area contributed by atoms with Crippen LogP contribution in [0, 0.1) is 0 Å². The van der Waals surface area contributed by atoms with Gasteiger partial charge in [0.25, 0.3) is 5.91 Å². The van der Waals surface area contributed by atoms with Crippen molar-refractivity contribution in [2.75, 3.05) is 10.6 Å². The maximum absolute atomic E-state index is 13.1. The van der Waals surface area contributed by atoms with Crippen LogP contribution in [-0.4, -0.2) is 35.9 Å². The zero-order chi connectivity index (χ0) is 24.9. The number of amides is 2. The number of nitrogens with zero attached hydrogens (tertiary/aromatic N) is 5. The minimum atomic E-state index is -0.315. The van der Waals surface area contributed by atoms with E-state index in [-0.39, 0.29) is 11.8 Å². The molecule has 9 nitrogen and oxygen atoms in total. The Morgan fingerprint density at radius 1 is 1.00 bits per heavy atom. The Labute approximate surface area is 211 Å². The van der Waals surface area contributed by atoms with E-state index in [0.717, 1.165) is 22.0 Å². The third kappa shape index (κ3) is 5.23. The summed E-state index contributed by atoms with van der Waals surface area (Å²) in [6, 6.07) is 16.6. The summed E-state index contributed by atoms with van der Waals surface area (Å²) in [5.41, 5.74) is 2.66. The van der Waals surface area contributed by atoms with Gasteiger partial charge in [-0.05, 0) is 18.2 Å². The predicted molar refractivity (Wildman–Crippen MR) is 140 cm³/mol. The molecule has 5 aromatic rings. The zero-order valence-corrected chi connectivity index (χ0v) is 20.3. The number of aryl methyl sites for hydroxylation is 2. The fraction of sp³-hybridized carbons (Fsp3) is 0.115. The molecule has 0 aliphatic heterocycles. The molecule has 2 amide bonds. The fourth-order valence-corrected chi connectivity index (χ4v) is 4.70. The zero-order valence-electron chi connectivity index (χ0n) is 19.5. The number of carbonyl (C=O) groups is 2. The topological polar surface area (TPSA) is 107 Å². The van der Waals surface area contributed by atoms with Gasteiger partial charge in [-0.2, -0.15) is 0 Å². The van der Waals surface area contributed by atoms with E-state index in [1.54, 1.807) is 49.2 Å². The molecule has 180 valence electrons. The molecule has 0 bridgehead atoms. The summed E-state index contributed by atoms with van der Waals surface area (Å²) in [7, 11) is 1.92. The van der Waals surface area contributed by atoms with E-state index >= 15 is 0 Å². The average molecular weight is 498 g/mol. The number of benzene rings is 2. The van der Waals surface area contributed by atoms with Crippen LogP contribution in [0.25, 0.3) is 22.0 Å². The molecule has 0 radical (unpaired) electrons. The van der Waals surface area contributed by atoms with Gasteiger partial charge in [-0.25, -0.2) is 15.0 Å². The van der Waals surface area contributed by atoms with E-state index in [0.29, 0.717) is 29.3 Å². The molecule has 0 aliphatic carbocycles. The first kappa shape index (κ1) is 23.2. The Kier molecular flexibility index (Phi) is 6.67. The summed E-state index contributed by atoms with van der Waals surface area (Å²) in [5.74, 6) is 0.310. The molecule has 3 heterocycles. The lowest BCUT2D eigenvalue weighted by molar-refractivity contribution is -0.116. The highest BCUT2D eigenvalue weighted by atomic mass is 32.1. The van der Waals surface area contributed by atoms with Gasteiger partial charge in [0.15, 0.2) is 11.0 Å². The van der Waals surface area contributed by atoms with Crippen LogP contribution in [0.4, 0.5) is 10.8 Å². The van der Waals surface area contributed by atoms with E-state index < -0.39 is 0 Å². The van der Waals surface area contributed by atoms with E-state index in [9.17, 15) is 9.59 Å². The van der Waals surface area contributed by atoms with E-state index in [4.69, 9.17) is 4.98 Å². The molecular formula is C26H23N7O2S. The van der Waals surface area contributed by atoms with Gasteiger partial charge in [-0.15, -0.1) is 0 Å². The van der Waals surface area contributed by atoms with Crippen LogP contribution in [0.5, 0.6) is 0 Å². The molecule has 0 saturated heterocycles. The smallest absolute Gasteiger partial charge is 0.257 e. The molecule has 2 N–H and O–H groups in total. The summed E-state index contributed by atoms with van der Waals surface area (Å²) in [5, 5.41) is 6.21. The minimum absolute atomic E-state index is 0.145. The van der Waals surface area contributed by atoms with Crippen molar-refractivity contribution in [2.45, 2.75) is 13.0 Å². The molecule has 0 spiro atoms. The number of imidazole rings is 2. The van der Waals surface area contributed by atoms with E-state index in [1.807, 2.05) is 52.7 Å². The highest BCUT2D eigenvalue weighted by Gasteiger charge is 2.19. The van der Waals surface area contributed by atoms with Crippen LogP contribution in [0.3, 0.4) is 0 Å². The molecule has 5 rings (SSSR count). The lowest BCUT2D eigenvalue weighted by Crippen LogP contribution is -2.15. The molecule has 0 atom stereocenters. The van der Waals surface area contributed by atoms with Crippen molar-refractivity contribution < 1.29 is 9.59 Å². The molecule has 36 heavy (non-hydrogen) atoms. The van der Waals surface area contributed by atoms with Crippen molar-refractivity contribution in [3.05, 3.63) is 91.3 Å². The van der Waals surface area contributed by atoms with Crippen LogP contribution in [-0.2, 0) is 18.4 Å². The second-order valence-electron chi connectivity index (χ2n) is 8.06. The molecule has 3 aromatic heterocycles. The van der Waals surface area contributed by atoms with Gasteiger partial charge in [-0.3, -0.25) is 14.9 Å². The average Bonchev–Trinajstić information content (AvgIpc) is 3.65. The maximum Gasteiger partial charge on any atom is 0.257 e. The normalized spacial score (nSPS) is 10.8. The van der Waals surface area contributed by atoms with Gasteiger partial charge in [0, 0.05) is 61.6 Å². The highest BCUT2D eigenvalue weighted by Crippen LogP contribution is 2.38. The number of carbonyl (C=O) groups excluding carboxylic acids is 2.